The molecule has 8 heteroatoms. The average molecular weight is 482 g/mol. The van der Waals surface area contributed by atoms with Gasteiger partial charge in [0.15, 0.2) is 5.83 Å². The molecule has 2 atom stereocenters. The number of allylic oxidation sites excluding steroid dienone is 4. The lowest BCUT2D eigenvalue weighted by Crippen LogP contribution is -2.31. The van der Waals surface area contributed by atoms with Crippen molar-refractivity contribution in [3.63, 3.8) is 0 Å². The van der Waals surface area contributed by atoms with E-state index in [-0.39, 0.29) is 17.2 Å². The molecule has 2 aromatic rings. The van der Waals surface area contributed by atoms with Crippen molar-refractivity contribution in [3.8, 4) is 17.2 Å². The second-order valence-electron chi connectivity index (χ2n) is 8.42. The molecule has 2 aliphatic rings. The van der Waals surface area contributed by atoms with Gasteiger partial charge >= 0.3 is 0 Å². The molecular weight excluding hydrogens is 456 g/mol. The third-order valence-electron chi connectivity index (χ3n) is 6.33. The number of ether oxygens (including phenoxy) is 1. The molecule has 5 nitrogen and oxygen atoms in total. The van der Waals surface area contributed by atoms with E-state index < -0.39 is 11.6 Å². The number of hydrogen-bond acceptors (Lipinski definition) is 5. The molecule has 2 aliphatic heterocycles. The van der Waals surface area contributed by atoms with E-state index in [9.17, 15) is 13.6 Å². The first-order chi connectivity index (χ1) is 16.4. The Bertz CT molecular complexity index is 1230. The maximum Gasteiger partial charge on any atom is 0.263 e. The van der Waals surface area contributed by atoms with Gasteiger partial charge in [-0.2, -0.15) is 5.26 Å². The van der Waals surface area contributed by atoms with Crippen LogP contribution < -0.4 is 5.32 Å². The fraction of sp³-hybridized carbons (Fsp3) is 0.308. The van der Waals surface area contributed by atoms with Gasteiger partial charge in [-0.15, -0.1) is 11.3 Å². The van der Waals surface area contributed by atoms with E-state index in [1.807, 2.05) is 11.0 Å². The zero-order valence-electron chi connectivity index (χ0n) is 19.0. The highest BCUT2D eigenvalue weighted by molar-refractivity contribution is 7.15. The molecule has 0 aliphatic carbocycles. The number of fused-ring (bicyclic) bond motifs is 1. The fourth-order valence-corrected chi connectivity index (χ4v) is 5.63. The predicted molar refractivity (Wildman–Crippen MR) is 129 cm³/mol. The summed E-state index contributed by atoms with van der Waals surface area (Å²) < 4.78 is 34.1. The minimum absolute atomic E-state index is 0.0668. The molecule has 4 rings (SSSR count). The van der Waals surface area contributed by atoms with Crippen LogP contribution in [-0.4, -0.2) is 44.1 Å². The zero-order chi connectivity index (χ0) is 24.4. The molecule has 0 saturated carbocycles. The van der Waals surface area contributed by atoms with Crippen LogP contribution in [0.25, 0.3) is 16.7 Å². The van der Waals surface area contributed by atoms with Crippen molar-refractivity contribution in [1.82, 2.24) is 10.2 Å². The van der Waals surface area contributed by atoms with Crippen LogP contribution in [0.3, 0.4) is 0 Å². The van der Waals surface area contributed by atoms with E-state index in [0.29, 0.717) is 51.4 Å². The Morgan fingerprint density at radius 1 is 1.32 bits per heavy atom. The van der Waals surface area contributed by atoms with Crippen molar-refractivity contribution in [3.05, 3.63) is 75.7 Å². The van der Waals surface area contributed by atoms with Crippen molar-refractivity contribution >= 4 is 22.8 Å². The molecule has 2 fully saturated rings. The number of methoxy groups -OCH3 is 1. The normalized spacial score (nSPS) is 20.3. The quantitative estimate of drug-likeness (QED) is 0.459. The summed E-state index contributed by atoms with van der Waals surface area (Å²) in [4.78, 5) is 16.2. The Hall–Kier alpha value is -3.28. The van der Waals surface area contributed by atoms with E-state index in [1.165, 1.54) is 42.7 Å². The van der Waals surface area contributed by atoms with Gasteiger partial charge in [0.05, 0.1) is 17.6 Å². The number of nitrogens with zero attached hydrogens (tertiary/aromatic N) is 2. The zero-order valence-corrected chi connectivity index (χ0v) is 19.8. The summed E-state index contributed by atoms with van der Waals surface area (Å²) in [7, 11) is 1.37. The second kappa shape index (κ2) is 9.92. The van der Waals surface area contributed by atoms with Gasteiger partial charge in [-0.25, -0.2) is 8.78 Å². The van der Waals surface area contributed by atoms with Crippen LogP contribution in [0.4, 0.5) is 8.78 Å². The molecule has 176 valence electrons. The molecule has 2 unspecified atom stereocenters. The van der Waals surface area contributed by atoms with Crippen molar-refractivity contribution in [2.24, 2.45) is 11.8 Å². The molecule has 34 heavy (non-hydrogen) atoms. The van der Waals surface area contributed by atoms with Crippen molar-refractivity contribution < 1.29 is 18.3 Å². The van der Waals surface area contributed by atoms with Crippen molar-refractivity contribution in [2.75, 3.05) is 33.3 Å². The molecule has 1 aromatic carbocycles. The minimum Gasteiger partial charge on any atom is -0.494 e. The lowest BCUT2D eigenvalue weighted by Gasteiger charge is -2.16. The molecule has 1 aromatic heterocycles. The number of nitriles is 1. The van der Waals surface area contributed by atoms with Crippen LogP contribution in [0.15, 0.2) is 54.6 Å². The Labute approximate surface area is 201 Å². The summed E-state index contributed by atoms with van der Waals surface area (Å²) in [5.74, 6) is -0.381. The third-order valence-corrected chi connectivity index (χ3v) is 7.53. The monoisotopic (exact) mass is 481 g/mol. The molecule has 1 N–H and O–H groups in total. The summed E-state index contributed by atoms with van der Waals surface area (Å²) in [5, 5.41) is 12.4. The largest absolute Gasteiger partial charge is 0.494 e. The molecule has 2 saturated heterocycles. The molecular formula is C26H25F2N3O2S. The Kier molecular flexibility index (Phi) is 6.96. The number of thiophene rings is 1. The van der Waals surface area contributed by atoms with E-state index in [1.54, 1.807) is 19.1 Å². The Morgan fingerprint density at radius 2 is 2.03 bits per heavy atom. The van der Waals surface area contributed by atoms with Gasteiger partial charge in [-0.1, -0.05) is 12.6 Å². The number of hydrogen-bond donors (Lipinski definition) is 1. The van der Waals surface area contributed by atoms with E-state index in [2.05, 4.69) is 11.9 Å². The highest BCUT2D eigenvalue weighted by Gasteiger charge is 2.38. The van der Waals surface area contributed by atoms with Crippen LogP contribution in [0, 0.1) is 29.0 Å². The number of carbonyl (C=O) groups excluding carboxylic acids is 1. The smallest absolute Gasteiger partial charge is 0.263 e. The maximum absolute atomic E-state index is 14.7. The number of rotatable bonds is 6. The number of amides is 1. The van der Waals surface area contributed by atoms with Gasteiger partial charge in [0.25, 0.3) is 5.91 Å². The van der Waals surface area contributed by atoms with Gasteiger partial charge in [0.2, 0.25) is 0 Å². The van der Waals surface area contributed by atoms with E-state index in [4.69, 9.17) is 10.00 Å². The summed E-state index contributed by atoms with van der Waals surface area (Å²) >= 11 is 1.20. The van der Waals surface area contributed by atoms with Gasteiger partial charge in [-0.3, -0.25) is 4.79 Å². The number of benzene rings is 1. The second-order valence-corrected chi connectivity index (χ2v) is 9.48. The average Bonchev–Trinajstić information content (AvgIpc) is 3.54. The van der Waals surface area contributed by atoms with Crippen LogP contribution >= 0.6 is 11.3 Å². The van der Waals surface area contributed by atoms with E-state index in [0.717, 1.165) is 13.1 Å². The lowest BCUT2D eigenvalue weighted by molar-refractivity contribution is 0.0786. The molecule has 0 bridgehead atoms. The number of nitrogens with one attached hydrogen (secondary N) is 1. The molecule has 0 spiro atoms. The van der Waals surface area contributed by atoms with Crippen LogP contribution in [0.1, 0.15) is 27.0 Å². The first-order valence-corrected chi connectivity index (χ1v) is 11.8. The van der Waals surface area contributed by atoms with Gasteiger partial charge in [-0.05, 0) is 60.2 Å². The SMILES string of the molecule is C=C(/C=C(F)\C(=C/C)OC)c1sc(C(=O)N2CC3CNCC3C2)cc1-c1ccc(C#N)c(F)c1. The van der Waals surface area contributed by atoms with Crippen molar-refractivity contribution in [2.45, 2.75) is 6.92 Å². The van der Waals surface area contributed by atoms with Crippen LogP contribution in [0.2, 0.25) is 0 Å². The van der Waals surface area contributed by atoms with Gasteiger partial charge in [0, 0.05) is 36.6 Å². The topological polar surface area (TPSA) is 65.4 Å². The first kappa shape index (κ1) is 23.9. The van der Waals surface area contributed by atoms with Gasteiger partial charge < -0.3 is 15.0 Å². The Morgan fingerprint density at radius 3 is 2.62 bits per heavy atom. The minimum atomic E-state index is -0.659. The third kappa shape index (κ3) is 4.54. The predicted octanol–water partition coefficient (Wildman–Crippen LogP) is 5.13. The number of halogens is 2. The summed E-state index contributed by atoms with van der Waals surface area (Å²) in [6, 6.07) is 7.78. The van der Waals surface area contributed by atoms with Crippen LogP contribution in [0.5, 0.6) is 0 Å². The summed E-state index contributed by atoms with van der Waals surface area (Å²) in [6.45, 7) is 8.87. The van der Waals surface area contributed by atoms with Crippen LogP contribution in [-0.2, 0) is 4.74 Å². The molecule has 3 heterocycles. The van der Waals surface area contributed by atoms with E-state index >= 15 is 0 Å². The molecule has 0 radical (unpaired) electrons. The Balaban J connectivity index is 1.73. The summed E-state index contributed by atoms with van der Waals surface area (Å²) in [5.41, 5.74) is 1.31. The maximum atomic E-state index is 14.7. The number of carbonyl (C=O) groups is 1. The summed E-state index contributed by atoms with van der Waals surface area (Å²) in [6.07, 6.45) is 2.74. The fourth-order valence-electron chi connectivity index (χ4n) is 4.54. The van der Waals surface area contributed by atoms with Gasteiger partial charge in [0.1, 0.15) is 17.6 Å². The highest BCUT2D eigenvalue weighted by atomic mass is 32.1. The standard InChI is InChI=1S/C26H25F2N3O2S/c1-4-23(33-3)22(28)7-15(2)25-20(16-5-6-17(10-29)21(27)8-16)9-24(34-25)26(32)31-13-18-11-30-12-19(18)14-31/h4-9,18-19,30H,2,11-14H2,1,3H3/b22-7+,23-4+. The highest BCUT2D eigenvalue weighted by Crippen LogP contribution is 2.39. The first-order valence-electron chi connectivity index (χ1n) is 11.0. The number of likely N-dealkylation sites (tertiary alicyclic amines) is 1. The lowest BCUT2D eigenvalue weighted by atomic mass is 10.0. The molecule has 1 amide bonds. The van der Waals surface area contributed by atoms with Crippen molar-refractivity contribution in [1.29, 1.82) is 5.26 Å².